The number of aliphatic imine (C=N–C) groups is 1. The van der Waals surface area contributed by atoms with Crippen molar-refractivity contribution < 1.29 is 4.74 Å². The van der Waals surface area contributed by atoms with Crippen LogP contribution in [0, 0.1) is 0 Å². The SMILES string of the molecule is COc1ccc2c(c1)N=C(C)N1c3ccccc3C(C)(C)[C@@H]21. The third-order valence-corrected chi connectivity index (χ3v) is 4.96. The largest absolute Gasteiger partial charge is 0.497 e. The number of para-hydroxylation sites is 1. The van der Waals surface area contributed by atoms with E-state index in [2.05, 4.69) is 56.0 Å². The summed E-state index contributed by atoms with van der Waals surface area (Å²) >= 11 is 0. The van der Waals surface area contributed by atoms with Gasteiger partial charge in [-0.2, -0.15) is 0 Å². The molecule has 22 heavy (non-hydrogen) atoms. The Hall–Kier alpha value is -2.29. The molecule has 0 radical (unpaired) electrons. The zero-order chi connectivity index (χ0) is 15.5. The lowest BCUT2D eigenvalue weighted by atomic mass is 9.77. The monoisotopic (exact) mass is 292 g/mol. The van der Waals surface area contributed by atoms with E-state index in [1.807, 2.05) is 12.1 Å². The molecule has 2 aliphatic heterocycles. The van der Waals surface area contributed by atoms with Gasteiger partial charge in [0.05, 0.1) is 18.8 Å². The fourth-order valence-electron chi connectivity index (χ4n) is 3.93. The number of methoxy groups -OCH3 is 1. The van der Waals surface area contributed by atoms with Gasteiger partial charge in [-0.1, -0.05) is 38.1 Å². The Morgan fingerprint density at radius 3 is 2.68 bits per heavy atom. The standard InChI is InChI=1S/C19H20N2O/c1-12-20-16-11-13(22-4)9-10-14(16)18-19(2,3)15-7-5-6-8-17(15)21(12)18/h5-11,18H,1-4H3/t18-/m1/s1. The van der Waals surface area contributed by atoms with E-state index in [4.69, 9.17) is 9.73 Å². The first kappa shape index (κ1) is 13.4. The molecule has 0 bridgehead atoms. The van der Waals surface area contributed by atoms with Gasteiger partial charge >= 0.3 is 0 Å². The Morgan fingerprint density at radius 2 is 1.91 bits per heavy atom. The number of fused-ring (bicyclic) bond motifs is 5. The summed E-state index contributed by atoms with van der Waals surface area (Å²) in [5.74, 6) is 1.90. The van der Waals surface area contributed by atoms with Gasteiger partial charge in [0.1, 0.15) is 11.6 Å². The molecule has 3 heteroatoms. The van der Waals surface area contributed by atoms with Crippen molar-refractivity contribution in [3.05, 3.63) is 53.6 Å². The van der Waals surface area contributed by atoms with Crippen LogP contribution in [0.3, 0.4) is 0 Å². The Morgan fingerprint density at radius 1 is 1.14 bits per heavy atom. The molecule has 2 aromatic carbocycles. The molecule has 2 aromatic rings. The first-order valence-corrected chi connectivity index (χ1v) is 7.66. The summed E-state index contributed by atoms with van der Waals surface area (Å²) in [4.78, 5) is 7.20. The predicted molar refractivity (Wildman–Crippen MR) is 90.5 cm³/mol. The second-order valence-electron chi connectivity index (χ2n) is 6.60. The molecule has 0 N–H and O–H groups in total. The number of ether oxygens (including phenoxy) is 1. The van der Waals surface area contributed by atoms with Gasteiger partial charge in [-0.05, 0) is 24.6 Å². The smallest absolute Gasteiger partial charge is 0.121 e. The molecular weight excluding hydrogens is 272 g/mol. The van der Waals surface area contributed by atoms with Crippen LogP contribution in [0.4, 0.5) is 11.4 Å². The minimum absolute atomic E-state index is 0.0388. The van der Waals surface area contributed by atoms with E-state index >= 15 is 0 Å². The average Bonchev–Trinajstić information content (AvgIpc) is 2.76. The van der Waals surface area contributed by atoms with E-state index in [1.165, 1.54) is 16.8 Å². The van der Waals surface area contributed by atoms with Crippen molar-refractivity contribution in [2.45, 2.75) is 32.2 Å². The third kappa shape index (κ3) is 1.59. The van der Waals surface area contributed by atoms with Crippen molar-refractivity contribution >= 4 is 17.2 Å². The Balaban J connectivity index is 1.97. The first-order chi connectivity index (χ1) is 10.5. The quantitative estimate of drug-likeness (QED) is 0.767. The molecule has 112 valence electrons. The molecule has 2 aliphatic rings. The van der Waals surface area contributed by atoms with Gasteiger partial charge in [0.25, 0.3) is 0 Å². The molecule has 3 nitrogen and oxygen atoms in total. The second-order valence-corrected chi connectivity index (χ2v) is 6.60. The van der Waals surface area contributed by atoms with Crippen LogP contribution in [-0.4, -0.2) is 12.9 Å². The minimum atomic E-state index is 0.0388. The zero-order valence-electron chi connectivity index (χ0n) is 13.4. The molecule has 0 aromatic heterocycles. The second kappa shape index (κ2) is 4.35. The van der Waals surface area contributed by atoms with Gasteiger partial charge in [0, 0.05) is 22.7 Å². The van der Waals surface area contributed by atoms with E-state index in [1.54, 1.807) is 7.11 Å². The number of anilines is 1. The molecule has 0 saturated carbocycles. The van der Waals surface area contributed by atoms with Crippen molar-refractivity contribution in [3.8, 4) is 5.75 Å². The van der Waals surface area contributed by atoms with Gasteiger partial charge in [-0.25, -0.2) is 4.99 Å². The summed E-state index contributed by atoms with van der Waals surface area (Å²) in [6, 6.07) is 15.2. The summed E-state index contributed by atoms with van der Waals surface area (Å²) in [6.07, 6.45) is 0. The van der Waals surface area contributed by atoms with Crippen LogP contribution in [0.1, 0.15) is 37.9 Å². The maximum absolute atomic E-state index is 5.36. The van der Waals surface area contributed by atoms with Gasteiger partial charge in [-0.3, -0.25) is 0 Å². The lowest BCUT2D eigenvalue weighted by Crippen LogP contribution is -2.38. The van der Waals surface area contributed by atoms with Crippen LogP contribution in [0.25, 0.3) is 0 Å². The van der Waals surface area contributed by atoms with E-state index in [0.29, 0.717) is 0 Å². The summed E-state index contributed by atoms with van der Waals surface area (Å²) in [6.45, 7) is 6.74. The maximum Gasteiger partial charge on any atom is 0.121 e. The van der Waals surface area contributed by atoms with Crippen LogP contribution in [0.15, 0.2) is 47.5 Å². The van der Waals surface area contributed by atoms with Gasteiger partial charge < -0.3 is 9.64 Å². The summed E-state index contributed by atoms with van der Waals surface area (Å²) in [7, 11) is 1.70. The zero-order valence-corrected chi connectivity index (χ0v) is 13.4. The van der Waals surface area contributed by atoms with Crippen LogP contribution < -0.4 is 9.64 Å². The molecule has 4 rings (SSSR count). The molecule has 0 saturated heterocycles. The van der Waals surface area contributed by atoms with Crippen LogP contribution in [-0.2, 0) is 5.41 Å². The molecule has 2 heterocycles. The average molecular weight is 292 g/mol. The molecule has 1 atom stereocenters. The van der Waals surface area contributed by atoms with Crippen molar-refractivity contribution in [3.63, 3.8) is 0 Å². The van der Waals surface area contributed by atoms with Crippen LogP contribution in [0.5, 0.6) is 5.75 Å². The fraction of sp³-hybridized carbons (Fsp3) is 0.316. The lowest BCUT2D eigenvalue weighted by molar-refractivity contribution is 0.413. The van der Waals surface area contributed by atoms with E-state index in [9.17, 15) is 0 Å². The highest BCUT2D eigenvalue weighted by atomic mass is 16.5. The molecule has 0 fully saturated rings. The van der Waals surface area contributed by atoms with Crippen molar-refractivity contribution in [2.75, 3.05) is 12.0 Å². The first-order valence-electron chi connectivity index (χ1n) is 7.66. The number of amidine groups is 1. The molecule has 0 aliphatic carbocycles. The van der Waals surface area contributed by atoms with Gasteiger partial charge in [0.15, 0.2) is 0 Å². The Kier molecular flexibility index (Phi) is 2.65. The Bertz CT molecular complexity index is 792. The number of rotatable bonds is 1. The summed E-state index contributed by atoms with van der Waals surface area (Å²) < 4.78 is 5.36. The molecule has 0 spiro atoms. The van der Waals surface area contributed by atoms with Crippen molar-refractivity contribution in [1.82, 2.24) is 0 Å². The van der Waals surface area contributed by atoms with E-state index in [-0.39, 0.29) is 11.5 Å². The number of benzene rings is 2. The molecular formula is C19H20N2O. The predicted octanol–water partition coefficient (Wildman–Crippen LogP) is 4.60. The highest BCUT2D eigenvalue weighted by Gasteiger charge is 2.48. The van der Waals surface area contributed by atoms with Crippen molar-refractivity contribution in [2.24, 2.45) is 4.99 Å². The third-order valence-electron chi connectivity index (χ3n) is 4.96. The lowest BCUT2D eigenvalue weighted by Gasteiger charge is -2.38. The highest BCUT2D eigenvalue weighted by molar-refractivity contribution is 6.03. The number of nitrogens with zero attached hydrogens (tertiary/aromatic N) is 2. The Labute approximate surface area is 131 Å². The highest BCUT2D eigenvalue weighted by Crippen LogP contribution is 2.56. The molecule has 0 amide bonds. The van der Waals surface area contributed by atoms with E-state index in [0.717, 1.165) is 17.3 Å². The van der Waals surface area contributed by atoms with Crippen molar-refractivity contribution in [1.29, 1.82) is 0 Å². The molecule has 0 unspecified atom stereocenters. The van der Waals surface area contributed by atoms with E-state index < -0.39 is 0 Å². The summed E-state index contributed by atoms with van der Waals surface area (Å²) in [5.41, 5.74) is 5.00. The number of hydrogen-bond acceptors (Lipinski definition) is 3. The van der Waals surface area contributed by atoms with Crippen LogP contribution in [0.2, 0.25) is 0 Å². The topological polar surface area (TPSA) is 24.8 Å². The van der Waals surface area contributed by atoms with Crippen LogP contribution >= 0.6 is 0 Å². The van der Waals surface area contributed by atoms with Gasteiger partial charge in [0.2, 0.25) is 0 Å². The maximum atomic E-state index is 5.36. The fourth-order valence-corrected chi connectivity index (χ4v) is 3.93. The van der Waals surface area contributed by atoms with Gasteiger partial charge in [-0.15, -0.1) is 0 Å². The summed E-state index contributed by atoms with van der Waals surface area (Å²) in [5, 5.41) is 0. The normalized spacial score (nSPS) is 20.8. The number of hydrogen-bond donors (Lipinski definition) is 0. The minimum Gasteiger partial charge on any atom is -0.497 e.